The summed E-state index contributed by atoms with van der Waals surface area (Å²) in [7, 11) is 0. The fraction of sp³-hybridized carbons (Fsp3) is 0.222. The quantitative estimate of drug-likeness (QED) is 0.818. The van der Waals surface area contributed by atoms with Crippen molar-refractivity contribution < 1.29 is 0 Å². The van der Waals surface area contributed by atoms with Crippen LogP contribution in [0.4, 0.5) is 0 Å². The zero-order valence-corrected chi connectivity index (χ0v) is 11.5. The summed E-state index contributed by atoms with van der Waals surface area (Å²) >= 11 is 0. The van der Waals surface area contributed by atoms with E-state index in [9.17, 15) is 0 Å². The van der Waals surface area contributed by atoms with Gasteiger partial charge < -0.3 is 0 Å². The van der Waals surface area contributed by atoms with Gasteiger partial charge in [0.15, 0.2) is 0 Å². The summed E-state index contributed by atoms with van der Waals surface area (Å²) in [6.45, 7) is 5.01. The van der Waals surface area contributed by atoms with Crippen LogP contribution in [0.25, 0.3) is 0 Å². The summed E-state index contributed by atoms with van der Waals surface area (Å²) in [5.74, 6) is 6.31. The van der Waals surface area contributed by atoms with Crippen molar-refractivity contribution in [1.29, 1.82) is 0 Å². The van der Waals surface area contributed by atoms with Gasteiger partial charge in [-0.1, -0.05) is 54.3 Å². The average molecular weight is 249 g/mol. The maximum absolute atomic E-state index is 3.44. The summed E-state index contributed by atoms with van der Waals surface area (Å²) in [4.78, 5) is 0. The first-order valence-electron chi connectivity index (χ1n) is 6.60. The third-order valence-electron chi connectivity index (χ3n) is 3.16. The Morgan fingerprint density at radius 2 is 1.68 bits per heavy atom. The Morgan fingerprint density at radius 1 is 1.00 bits per heavy atom. The molecule has 1 atom stereocenters. The van der Waals surface area contributed by atoms with Gasteiger partial charge in [0.05, 0.1) is 6.54 Å². The van der Waals surface area contributed by atoms with E-state index in [1.807, 2.05) is 30.3 Å². The van der Waals surface area contributed by atoms with Crippen molar-refractivity contribution in [3.63, 3.8) is 0 Å². The van der Waals surface area contributed by atoms with Crippen LogP contribution in [0, 0.1) is 18.8 Å². The number of hydrogen-bond acceptors (Lipinski definition) is 1. The molecular formula is C18H19N. The number of nitrogens with one attached hydrogen (secondary N) is 1. The zero-order chi connectivity index (χ0) is 13.5. The Hall–Kier alpha value is -2.04. The van der Waals surface area contributed by atoms with Gasteiger partial charge in [-0.05, 0) is 37.1 Å². The Balaban J connectivity index is 1.90. The monoisotopic (exact) mass is 249 g/mol. The third-order valence-corrected chi connectivity index (χ3v) is 3.16. The molecule has 0 radical (unpaired) electrons. The number of hydrogen-bond donors (Lipinski definition) is 1. The molecule has 0 saturated carbocycles. The lowest BCUT2D eigenvalue weighted by Crippen LogP contribution is -2.19. The predicted molar refractivity (Wildman–Crippen MR) is 80.9 cm³/mol. The lowest BCUT2D eigenvalue weighted by atomic mass is 10.0. The molecule has 2 rings (SSSR count). The fourth-order valence-corrected chi connectivity index (χ4v) is 2.05. The molecule has 0 fully saturated rings. The first-order valence-corrected chi connectivity index (χ1v) is 6.60. The molecule has 0 unspecified atom stereocenters. The molecule has 0 aliphatic carbocycles. The number of aryl methyl sites for hydroxylation is 1. The van der Waals surface area contributed by atoms with Crippen molar-refractivity contribution in [2.24, 2.45) is 0 Å². The van der Waals surface area contributed by atoms with Crippen LogP contribution < -0.4 is 5.32 Å². The zero-order valence-electron chi connectivity index (χ0n) is 11.5. The van der Waals surface area contributed by atoms with Gasteiger partial charge in [0.2, 0.25) is 0 Å². The molecule has 1 heteroatoms. The Kier molecular flexibility index (Phi) is 4.78. The highest BCUT2D eigenvalue weighted by atomic mass is 14.9. The van der Waals surface area contributed by atoms with Crippen molar-refractivity contribution in [2.45, 2.75) is 19.9 Å². The molecule has 19 heavy (non-hydrogen) atoms. The van der Waals surface area contributed by atoms with E-state index in [0.29, 0.717) is 12.6 Å². The van der Waals surface area contributed by atoms with Gasteiger partial charge in [0.25, 0.3) is 0 Å². The van der Waals surface area contributed by atoms with Crippen LogP contribution in [-0.2, 0) is 0 Å². The molecule has 1 N–H and O–H groups in total. The fourth-order valence-electron chi connectivity index (χ4n) is 2.05. The van der Waals surface area contributed by atoms with Crippen LogP contribution in [0.3, 0.4) is 0 Å². The minimum Gasteiger partial charge on any atom is -0.300 e. The second-order valence-electron chi connectivity index (χ2n) is 4.63. The molecule has 0 bridgehead atoms. The summed E-state index contributed by atoms with van der Waals surface area (Å²) in [6, 6.07) is 18.9. The average Bonchev–Trinajstić information content (AvgIpc) is 2.45. The summed E-state index contributed by atoms with van der Waals surface area (Å²) in [6.07, 6.45) is 0. The normalized spacial score (nSPS) is 11.5. The lowest BCUT2D eigenvalue weighted by molar-refractivity contribution is 0.620. The minimum atomic E-state index is 0.325. The van der Waals surface area contributed by atoms with E-state index in [1.54, 1.807) is 0 Å². The first kappa shape index (κ1) is 13.4. The molecule has 0 aromatic heterocycles. The Labute approximate surface area is 115 Å². The van der Waals surface area contributed by atoms with E-state index in [2.05, 4.69) is 55.3 Å². The smallest absolute Gasteiger partial charge is 0.0584 e. The minimum absolute atomic E-state index is 0.325. The van der Waals surface area contributed by atoms with Crippen molar-refractivity contribution >= 4 is 0 Å². The second kappa shape index (κ2) is 6.78. The van der Waals surface area contributed by atoms with Gasteiger partial charge >= 0.3 is 0 Å². The van der Waals surface area contributed by atoms with Crippen LogP contribution >= 0.6 is 0 Å². The molecule has 0 aliphatic heterocycles. The molecule has 0 saturated heterocycles. The van der Waals surface area contributed by atoms with E-state index >= 15 is 0 Å². The third kappa shape index (κ3) is 3.98. The van der Waals surface area contributed by atoms with Crippen molar-refractivity contribution in [2.75, 3.05) is 6.54 Å². The first-order chi connectivity index (χ1) is 9.27. The van der Waals surface area contributed by atoms with Crippen LogP contribution in [-0.4, -0.2) is 6.54 Å². The number of rotatable bonds is 3. The van der Waals surface area contributed by atoms with E-state index in [1.165, 1.54) is 11.1 Å². The standard InChI is InChI=1S/C18H19N/c1-15-9-6-7-13-18(15)16(2)19-14-8-12-17-10-4-3-5-11-17/h3-7,9-11,13,16,19H,14H2,1-2H3/t16-/m0/s1. The maximum Gasteiger partial charge on any atom is 0.0584 e. The van der Waals surface area contributed by atoms with Crippen molar-refractivity contribution in [1.82, 2.24) is 5.32 Å². The molecule has 2 aromatic carbocycles. The van der Waals surface area contributed by atoms with Crippen LogP contribution in [0.5, 0.6) is 0 Å². The maximum atomic E-state index is 3.44. The van der Waals surface area contributed by atoms with Crippen molar-refractivity contribution in [3.8, 4) is 11.8 Å². The van der Waals surface area contributed by atoms with Gasteiger partial charge in [-0.15, -0.1) is 0 Å². The topological polar surface area (TPSA) is 12.0 Å². The van der Waals surface area contributed by atoms with Gasteiger partial charge in [-0.2, -0.15) is 0 Å². The Morgan fingerprint density at radius 3 is 2.42 bits per heavy atom. The van der Waals surface area contributed by atoms with Gasteiger partial charge in [0.1, 0.15) is 0 Å². The molecule has 0 heterocycles. The Bertz CT molecular complexity index is 575. The van der Waals surface area contributed by atoms with E-state index in [-0.39, 0.29) is 0 Å². The number of benzene rings is 2. The summed E-state index contributed by atoms with van der Waals surface area (Å²) in [5.41, 5.74) is 3.72. The van der Waals surface area contributed by atoms with Gasteiger partial charge in [-0.3, -0.25) is 5.32 Å². The van der Waals surface area contributed by atoms with E-state index in [0.717, 1.165) is 5.56 Å². The van der Waals surface area contributed by atoms with Crippen molar-refractivity contribution in [3.05, 3.63) is 71.3 Å². The molecule has 0 spiro atoms. The highest BCUT2D eigenvalue weighted by molar-refractivity contribution is 5.34. The second-order valence-corrected chi connectivity index (χ2v) is 4.63. The summed E-state index contributed by atoms with van der Waals surface area (Å²) in [5, 5.41) is 3.44. The highest BCUT2D eigenvalue weighted by Crippen LogP contribution is 2.15. The molecule has 1 nitrogen and oxygen atoms in total. The van der Waals surface area contributed by atoms with Crippen LogP contribution in [0.1, 0.15) is 29.7 Å². The molecule has 0 amide bonds. The molecule has 0 aliphatic rings. The van der Waals surface area contributed by atoms with Crippen LogP contribution in [0.2, 0.25) is 0 Å². The van der Waals surface area contributed by atoms with E-state index < -0.39 is 0 Å². The largest absolute Gasteiger partial charge is 0.300 e. The lowest BCUT2D eigenvalue weighted by Gasteiger charge is -2.14. The molecular weight excluding hydrogens is 230 g/mol. The molecule has 2 aromatic rings. The highest BCUT2D eigenvalue weighted by Gasteiger charge is 2.05. The molecule has 96 valence electrons. The SMILES string of the molecule is Cc1ccccc1[C@H](C)NCC#Cc1ccccc1. The van der Waals surface area contributed by atoms with E-state index in [4.69, 9.17) is 0 Å². The summed E-state index contributed by atoms with van der Waals surface area (Å²) < 4.78 is 0. The van der Waals surface area contributed by atoms with Gasteiger partial charge in [-0.25, -0.2) is 0 Å². The predicted octanol–water partition coefficient (Wildman–Crippen LogP) is 3.70. The van der Waals surface area contributed by atoms with Gasteiger partial charge in [0, 0.05) is 11.6 Å². The van der Waals surface area contributed by atoms with Crippen LogP contribution in [0.15, 0.2) is 54.6 Å².